The van der Waals surface area contributed by atoms with E-state index in [1.165, 1.54) is 0 Å². The van der Waals surface area contributed by atoms with E-state index in [-0.39, 0.29) is 12.0 Å². The number of hydrogen-bond donors (Lipinski definition) is 0. The van der Waals surface area contributed by atoms with Gasteiger partial charge in [-0.2, -0.15) is 0 Å². The molecule has 1 amide bonds. The summed E-state index contributed by atoms with van der Waals surface area (Å²) >= 11 is 0. The summed E-state index contributed by atoms with van der Waals surface area (Å²) in [7, 11) is 0. The lowest BCUT2D eigenvalue weighted by Gasteiger charge is -2.11. The van der Waals surface area contributed by atoms with Gasteiger partial charge in [0.15, 0.2) is 0 Å². The van der Waals surface area contributed by atoms with E-state index in [2.05, 4.69) is 0 Å². The first-order valence-electron chi connectivity index (χ1n) is 4.90. The molecule has 2 aliphatic rings. The average Bonchev–Trinajstić information content (AvgIpc) is 2.67. The predicted octanol–water partition coefficient (Wildman–Crippen LogP) is 0.952. The van der Waals surface area contributed by atoms with Crippen LogP contribution in [0, 0.1) is 0 Å². The molecule has 0 unspecified atom stereocenters. The van der Waals surface area contributed by atoms with Crippen molar-refractivity contribution < 1.29 is 9.53 Å². The smallest absolute Gasteiger partial charge is 0.246 e. The largest absolute Gasteiger partial charge is 0.365 e. The number of ether oxygens (including phenoxy) is 1. The van der Waals surface area contributed by atoms with Crippen LogP contribution in [0.2, 0.25) is 0 Å². The van der Waals surface area contributed by atoms with Crippen LogP contribution in [0.4, 0.5) is 0 Å². The van der Waals surface area contributed by atoms with Crippen LogP contribution in [0.5, 0.6) is 0 Å². The maximum absolute atomic E-state index is 11.5. The normalized spacial score (nSPS) is 32.8. The number of carbonyl (C=O) groups is 1. The van der Waals surface area contributed by atoms with Crippen LogP contribution >= 0.6 is 0 Å². The highest BCUT2D eigenvalue weighted by Crippen LogP contribution is 2.22. The second-order valence-corrected chi connectivity index (χ2v) is 3.70. The molecule has 0 aromatic rings. The quantitative estimate of drug-likeness (QED) is 0.469. The second kappa shape index (κ2) is 3.50. The summed E-state index contributed by atoms with van der Waals surface area (Å²) in [6.07, 6.45) is 6.31. The first-order chi connectivity index (χ1) is 6.27. The molecule has 0 aromatic carbocycles. The van der Waals surface area contributed by atoms with Crippen LogP contribution < -0.4 is 0 Å². The predicted molar refractivity (Wildman–Crippen MR) is 49.3 cm³/mol. The third-order valence-corrected chi connectivity index (χ3v) is 2.60. The lowest BCUT2D eigenvalue weighted by atomic mass is 10.3. The first kappa shape index (κ1) is 8.75. The highest BCUT2D eigenvalue weighted by atomic mass is 16.6. The average molecular weight is 181 g/mol. The molecule has 3 heteroatoms. The van der Waals surface area contributed by atoms with Gasteiger partial charge in [0, 0.05) is 19.2 Å². The Hall–Kier alpha value is -0.830. The Labute approximate surface area is 78.4 Å². The highest BCUT2D eigenvalue weighted by Gasteiger charge is 2.31. The minimum Gasteiger partial charge on any atom is -0.365 e. The lowest BCUT2D eigenvalue weighted by molar-refractivity contribution is -0.125. The van der Waals surface area contributed by atoms with Gasteiger partial charge in [-0.3, -0.25) is 4.79 Å². The number of epoxide rings is 1. The van der Waals surface area contributed by atoms with Crippen molar-refractivity contribution in [3.63, 3.8) is 0 Å². The van der Waals surface area contributed by atoms with E-state index in [9.17, 15) is 4.79 Å². The van der Waals surface area contributed by atoms with Crippen LogP contribution in [0.15, 0.2) is 12.2 Å². The monoisotopic (exact) mass is 181 g/mol. The van der Waals surface area contributed by atoms with E-state index >= 15 is 0 Å². The molecule has 2 aliphatic heterocycles. The molecule has 0 aromatic heterocycles. The molecule has 0 N–H and O–H groups in total. The van der Waals surface area contributed by atoms with Crippen LogP contribution in [0.3, 0.4) is 0 Å². The summed E-state index contributed by atoms with van der Waals surface area (Å²) < 4.78 is 5.17. The fourth-order valence-electron chi connectivity index (χ4n) is 1.62. The third-order valence-electron chi connectivity index (χ3n) is 2.60. The molecule has 2 atom stereocenters. The molecule has 2 heterocycles. The first-order valence-corrected chi connectivity index (χ1v) is 4.90. The van der Waals surface area contributed by atoms with Crippen molar-refractivity contribution in [2.24, 2.45) is 0 Å². The van der Waals surface area contributed by atoms with Gasteiger partial charge in [-0.1, -0.05) is 0 Å². The maximum Gasteiger partial charge on any atom is 0.246 e. The Bertz CT molecular complexity index is 231. The van der Waals surface area contributed by atoms with Gasteiger partial charge >= 0.3 is 0 Å². The lowest BCUT2D eigenvalue weighted by Crippen LogP contribution is -2.25. The molecular weight excluding hydrogens is 166 g/mol. The van der Waals surface area contributed by atoms with E-state index in [1.54, 1.807) is 6.08 Å². The zero-order valence-electron chi connectivity index (χ0n) is 7.90. The summed E-state index contributed by atoms with van der Waals surface area (Å²) in [5.41, 5.74) is 0. The minimum atomic E-state index is 0.139. The minimum absolute atomic E-state index is 0.139. The fraction of sp³-hybridized carbons (Fsp3) is 0.700. The van der Waals surface area contributed by atoms with Crippen LogP contribution in [0.25, 0.3) is 0 Å². The zero-order chi connectivity index (χ0) is 9.26. The summed E-state index contributed by atoms with van der Waals surface area (Å²) in [5.74, 6) is 0.139. The third kappa shape index (κ3) is 2.10. The van der Waals surface area contributed by atoms with Crippen molar-refractivity contribution in [3.05, 3.63) is 12.2 Å². The molecule has 2 rings (SSSR count). The second-order valence-electron chi connectivity index (χ2n) is 3.70. The molecule has 0 spiro atoms. The van der Waals surface area contributed by atoms with Crippen molar-refractivity contribution in [2.45, 2.75) is 32.0 Å². The molecule has 2 fully saturated rings. The molecule has 0 radical (unpaired) electrons. The molecule has 72 valence electrons. The highest BCUT2D eigenvalue weighted by molar-refractivity contribution is 5.87. The van der Waals surface area contributed by atoms with Gasteiger partial charge in [0.1, 0.15) is 6.10 Å². The summed E-state index contributed by atoms with van der Waals surface area (Å²) in [5, 5.41) is 0. The molecule has 3 nitrogen and oxygen atoms in total. The van der Waals surface area contributed by atoms with Crippen molar-refractivity contribution in [2.75, 3.05) is 13.1 Å². The number of hydrogen-bond acceptors (Lipinski definition) is 2. The maximum atomic E-state index is 11.5. The number of carbonyl (C=O) groups excluding carboxylic acids is 1. The zero-order valence-corrected chi connectivity index (χ0v) is 7.90. The number of nitrogens with zero attached hydrogens (tertiary/aromatic N) is 1. The van der Waals surface area contributed by atoms with Crippen LogP contribution in [0.1, 0.15) is 19.8 Å². The molecule has 13 heavy (non-hydrogen) atoms. The number of amides is 1. The Morgan fingerprint density at radius 1 is 1.46 bits per heavy atom. The van der Waals surface area contributed by atoms with Gasteiger partial charge in [-0.05, 0) is 25.8 Å². The van der Waals surface area contributed by atoms with E-state index in [0.717, 1.165) is 25.9 Å². The van der Waals surface area contributed by atoms with Crippen molar-refractivity contribution in [3.8, 4) is 0 Å². The van der Waals surface area contributed by atoms with Gasteiger partial charge in [-0.25, -0.2) is 0 Å². The van der Waals surface area contributed by atoms with Gasteiger partial charge in [0.25, 0.3) is 0 Å². The Balaban J connectivity index is 1.80. The van der Waals surface area contributed by atoms with Crippen molar-refractivity contribution in [1.29, 1.82) is 0 Å². The summed E-state index contributed by atoms with van der Waals surface area (Å²) in [6.45, 7) is 3.85. The summed E-state index contributed by atoms with van der Waals surface area (Å²) in [4.78, 5) is 13.4. The van der Waals surface area contributed by atoms with Crippen molar-refractivity contribution >= 4 is 5.91 Å². The number of likely N-dealkylation sites (tertiary alicyclic amines) is 1. The SMILES string of the molecule is C[C@@H]1O[C@H]1/C=C/C(=O)N1CCCC1. The molecule has 0 aliphatic carbocycles. The Morgan fingerprint density at radius 3 is 2.62 bits per heavy atom. The van der Waals surface area contributed by atoms with E-state index in [0.29, 0.717) is 6.10 Å². The van der Waals surface area contributed by atoms with Gasteiger partial charge < -0.3 is 9.64 Å². The van der Waals surface area contributed by atoms with Crippen LogP contribution in [-0.2, 0) is 9.53 Å². The van der Waals surface area contributed by atoms with Crippen LogP contribution in [-0.4, -0.2) is 36.1 Å². The molecule has 0 saturated carbocycles. The number of rotatable bonds is 2. The Kier molecular flexibility index (Phi) is 2.36. The van der Waals surface area contributed by atoms with Crippen molar-refractivity contribution in [1.82, 2.24) is 4.90 Å². The topological polar surface area (TPSA) is 32.8 Å². The Morgan fingerprint density at radius 2 is 2.08 bits per heavy atom. The standard InChI is InChI=1S/C10H15NO2/c1-8-9(13-8)4-5-10(12)11-6-2-3-7-11/h4-5,8-9H,2-3,6-7H2,1H3/b5-4+/t8-,9-/m0/s1. The summed E-state index contributed by atoms with van der Waals surface area (Å²) in [6, 6.07) is 0. The fourth-order valence-corrected chi connectivity index (χ4v) is 1.62. The van der Waals surface area contributed by atoms with E-state index < -0.39 is 0 Å². The van der Waals surface area contributed by atoms with E-state index in [4.69, 9.17) is 4.74 Å². The molecular formula is C10H15NO2. The van der Waals surface area contributed by atoms with Gasteiger partial charge in [-0.15, -0.1) is 0 Å². The van der Waals surface area contributed by atoms with E-state index in [1.807, 2.05) is 17.9 Å². The van der Waals surface area contributed by atoms with Gasteiger partial charge in [0.05, 0.1) is 6.10 Å². The van der Waals surface area contributed by atoms with Gasteiger partial charge in [0.2, 0.25) is 5.91 Å². The molecule has 2 saturated heterocycles. The molecule has 0 bridgehead atoms.